The zero-order valence-electron chi connectivity index (χ0n) is 17.3. The maximum absolute atomic E-state index is 4.45. The molecule has 0 bridgehead atoms. The summed E-state index contributed by atoms with van der Waals surface area (Å²) in [5, 5.41) is 0. The van der Waals surface area contributed by atoms with E-state index in [2.05, 4.69) is 26.8 Å². The van der Waals surface area contributed by atoms with Gasteiger partial charge in [0.1, 0.15) is 0 Å². The van der Waals surface area contributed by atoms with E-state index in [0.717, 1.165) is 11.8 Å². The van der Waals surface area contributed by atoms with E-state index in [-0.39, 0.29) is 0 Å². The van der Waals surface area contributed by atoms with E-state index in [1.54, 1.807) is 16.7 Å². The Labute approximate surface area is 163 Å². The van der Waals surface area contributed by atoms with Gasteiger partial charge in [0, 0.05) is 0 Å². The highest BCUT2D eigenvalue weighted by Gasteiger charge is 2.22. The van der Waals surface area contributed by atoms with Gasteiger partial charge in [-0.05, 0) is 85.6 Å². The molecule has 3 rings (SSSR count). The first kappa shape index (κ1) is 20.0. The van der Waals surface area contributed by atoms with E-state index in [4.69, 9.17) is 0 Å². The van der Waals surface area contributed by atoms with Gasteiger partial charge >= 0.3 is 0 Å². The quantitative estimate of drug-likeness (QED) is 0.467. The zero-order valence-corrected chi connectivity index (χ0v) is 17.3. The molecule has 0 unspecified atom stereocenters. The van der Waals surface area contributed by atoms with Crippen LogP contribution in [0.15, 0.2) is 6.07 Å². The number of hydrogen-bond acceptors (Lipinski definition) is 0. The number of rotatable bonds is 7. The van der Waals surface area contributed by atoms with Crippen LogP contribution in [-0.4, -0.2) is 0 Å². The SMILES string of the molecule is [CH2]c1cc(C2CCCCC2)c(CCC)c(CCCC2CCCCC2)c1[CH2]. The van der Waals surface area contributed by atoms with E-state index in [1.807, 2.05) is 0 Å². The second-order valence-electron chi connectivity index (χ2n) is 9.04. The molecule has 2 aliphatic carbocycles. The minimum atomic E-state index is 0.781. The minimum absolute atomic E-state index is 0.781. The average molecular weight is 353 g/mol. The summed E-state index contributed by atoms with van der Waals surface area (Å²) < 4.78 is 0. The highest BCUT2D eigenvalue weighted by molar-refractivity contribution is 5.50. The summed E-state index contributed by atoms with van der Waals surface area (Å²) in [5.74, 6) is 1.77. The van der Waals surface area contributed by atoms with Crippen LogP contribution in [0.5, 0.6) is 0 Å². The van der Waals surface area contributed by atoms with Crippen LogP contribution in [0.2, 0.25) is 0 Å². The Morgan fingerprint density at radius 1 is 0.846 bits per heavy atom. The lowest BCUT2D eigenvalue weighted by molar-refractivity contribution is 0.332. The van der Waals surface area contributed by atoms with E-state index < -0.39 is 0 Å². The maximum atomic E-state index is 4.45. The fourth-order valence-electron chi connectivity index (χ4n) is 5.58. The predicted molar refractivity (Wildman–Crippen MR) is 115 cm³/mol. The Morgan fingerprint density at radius 3 is 2.15 bits per heavy atom. The summed E-state index contributed by atoms with van der Waals surface area (Å²) >= 11 is 0. The summed E-state index contributed by atoms with van der Waals surface area (Å²) in [5.41, 5.74) is 7.34. The van der Waals surface area contributed by atoms with Crippen LogP contribution in [0.1, 0.15) is 124 Å². The first-order valence-electron chi connectivity index (χ1n) is 11.5. The molecule has 0 N–H and O–H groups in total. The van der Waals surface area contributed by atoms with Crippen LogP contribution in [0, 0.1) is 19.8 Å². The van der Waals surface area contributed by atoms with Gasteiger partial charge in [0.25, 0.3) is 0 Å². The third kappa shape index (κ3) is 4.93. The fraction of sp³-hybridized carbons (Fsp3) is 0.692. The van der Waals surface area contributed by atoms with Gasteiger partial charge in [-0.15, -0.1) is 0 Å². The zero-order chi connectivity index (χ0) is 18.4. The standard InChI is InChI=1S/C26H40/c1-4-12-25-24(18-11-15-22-13-7-5-8-14-22)21(3)20(2)19-26(25)23-16-9-6-10-17-23/h19,22-23H,2-18H2,1H3. The molecule has 2 fully saturated rings. The lowest BCUT2D eigenvalue weighted by Gasteiger charge is -2.28. The van der Waals surface area contributed by atoms with Crippen LogP contribution >= 0.6 is 0 Å². The van der Waals surface area contributed by atoms with E-state index >= 15 is 0 Å². The summed E-state index contributed by atoms with van der Waals surface area (Å²) in [6.45, 7) is 11.2. The summed E-state index contributed by atoms with van der Waals surface area (Å²) in [6.07, 6.45) is 20.8. The maximum Gasteiger partial charge on any atom is -0.0159 e. The lowest BCUT2D eigenvalue weighted by Crippen LogP contribution is -2.12. The predicted octanol–water partition coefficient (Wildman–Crippen LogP) is 7.95. The highest BCUT2D eigenvalue weighted by Crippen LogP contribution is 2.38. The van der Waals surface area contributed by atoms with Crippen molar-refractivity contribution in [3.63, 3.8) is 0 Å². The Morgan fingerprint density at radius 2 is 1.50 bits per heavy atom. The Bertz CT molecular complexity index is 556. The van der Waals surface area contributed by atoms with Gasteiger partial charge in [0.2, 0.25) is 0 Å². The Balaban J connectivity index is 1.78. The van der Waals surface area contributed by atoms with Crippen molar-refractivity contribution in [1.29, 1.82) is 0 Å². The highest BCUT2D eigenvalue weighted by atomic mass is 14.3. The molecule has 0 saturated heterocycles. The summed E-state index contributed by atoms with van der Waals surface area (Å²) in [6, 6.07) is 2.41. The smallest absolute Gasteiger partial charge is 0.0159 e. The molecule has 0 aliphatic heterocycles. The minimum Gasteiger partial charge on any atom is -0.0651 e. The van der Waals surface area contributed by atoms with Crippen molar-refractivity contribution in [3.05, 3.63) is 47.7 Å². The first-order chi connectivity index (χ1) is 12.7. The van der Waals surface area contributed by atoms with E-state index in [9.17, 15) is 0 Å². The van der Waals surface area contributed by atoms with Gasteiger partial charge in [-0.1, -0.05) is 77.2 Å². The molecular formula is C26H40. The molecular weight excluding hydrogens is 312 g/mol. The van der Waals surface area contributed by atoms with Crippen LogP contribution in [0.4, 0.5) is 0 Å². The van der Waals surface area contributed by atoms with Crippen LogP contribution in [0.3, 0.4) is 0 Å². The lowest BCUT2D eigenvalue weighted by atomic mass is 9.77. The Hall–Kier alpha value is -0.780. The van der Waals surface area contributed by atoms with E-state index in [0.29, 0.717) is 0 Å². The van der Waals surface area contributed by atoms with Crippen molar-refractivity contribution in [2.45, 2.75) is 109 Å². The topological polar surface area (TPSA) is 0 Å². The van der Waals surface area contributed by atoms with Crippen LogP contribution in [0.25, 0.3) is 0 Å². The number of hydrogen-bond donors (Lipinski definition) is 0. The van der Waals surface area contributed by atoms with Gasteiger partial charge in [0.15, 0.2) is 0 Å². The molecule has 0 amide bonds. The van der Waals surface area contributed by atoms with Gasteiger partial charge in [-0.25, -0.2) is 0 Å². The second kappa shape index (κ2) is 9.95. The first-order valence-corrected chi connectivity index (χ1v) is 11.5. The third-order valence-corrected chi connectivity index (χ3v) is 7.10. The van der Waals surface area contributed by atoms with Crippen molar-refractivity contribution in [3.8, 4) is 0 Å². The van der Waals surface area contributed by atoms with Crippen LogP contribution in [-0.2, 0) is 12.8 Å². The molecule has 2 radical (unpaired) electrons. The average Bonchev–Trinajstić information content (AvgIpc) is 2.68. The van der Waals surface area contributed by atoms with E-state index in [1.165, 1.54) is 107 Å². The second-order valence-corrected chi connectivity index (χ2v) is 9.04. The van der Waals surface area contributed by atoms with Crippen molar-refractivity contribution in [2.75, 3.05) is 0 Å². The summed E-state index contributed by atoms with van der Waals surface area (Å²) in [7, 11) is 0. The summed E-state index contributed by atoms with van der Waals surface area (Å²) in [4.78, 5) is 0. The monoisotopic (exact) mass is 352 g/mol. The molecule has 2 saturated carbocycles. The molecule has 0 heterocycles. The molecule has 26 heavy (non-hydrogen) atoms. The van der Waals surface area contributed by atoms with Gasteiger partial charge in [-0.3, -0.25) is 0 Å². The molecule has 0 aromatic heterocycles. The third-order valence-electron chi connectivity index (χ3n) is 7.10. The van der Waals surface area contributed by atoms with Gasteiger partial charge in [-0.2, -0.15) is 0 Å². The normalized spacial score (nSPS) is 19.8. The van der Waals surface area contributed by atoms with Gasteiger partial charge < -0.3 is 0 Å². The van der Waals surface area contributed by atoms with Crippen molar-refractivity contribution in [1.82, 2.24) is 0 Å². The van der Waals surface area contributed by atoms with Gasteiger partial charge in [0.05, 0.1) is 0 Å². The molecule has 144 valence electrons. The largest absolute Gasteiger partial charge is 0.0651 e. The van der Waals surface area contributed by atoms with Crippen molar-refractivity contribution in [2.24, 2.45) is 5.92 Å². The molecule has 2 aliphatic rings. The molecule has 0 heteroatoms. The Kier molecular flexibility index (Phi) is 7.64. The van der Waals surface area contributed by atoms with Crippen molar-refractivity contribution >= 4 is 0 Å². The fourth-order valence-corrected chi connectivity index (χ4v) is 5.58. The van der Waals surface area contributed by atoms with Crippen LogP contribution < -0.4 is 0 Å². The molecule has 0 atom stereocenters. The molecule has 1 aromatic carbocycles. The molecule has 1 aromatic rings. The number of benzene rings is 1. The molecule has 0 nitrogen and oxygen atoms in total. The molecule has 0 spiro atoms. The van der Waals surface area contributed by atoms with Crippen molar-refractivity contribution < 1.29 is 0 Å².